The molecule has 3 nitrogen and oxygen atoms in total. The number of carbonyl (C=O) groups excluding carboxylic acids is 1. The topological polar surface area (TPSA) is 39.4 Å². The van der Waals surface area contributed by atoms with Crippen LogP contribution in [0.5, 0.6) is 0 Å². The Morgan fingerprint density at radius 3 is 2.81 bits per heavy atom. The maximum absolute atomic E-state index is 11.3. The van der Waals surface area contributed by atoms with Crippen molar-refractivity contribution in [3.05, 3.63) is 29.7 Å². The third-order valence-electron chi connectivity index (χ3n) is 2.08. The van der Waals surface area contributed by atoms with Crippen LogP contribution in [0.15, 0.2) is 22.6 Å². The number of rotatable bonds is 5. The molecule has 1 heterocycles. The summed E-state index contributed by atoms with van der Waals surface area (Å²) < 4.78 is 10.3. The SMILES string of the molecule is Cc1ccc(/C=C/C(=O)OCCC(C)C)o1. The summed E-state index contributed by atoms with van der Waals surface area (Å²) in [6.07, 6.45) is 3.89. The van der Waals surface area contributed by atoms with Gasteiger partial charge in [0.1, 0.15) is 11.5 Å². The van der Waals surface area contributed by atoms with Crippen LogP contribution in [0.2, 0.25) is 0 Å². The van der Waals surface area contributed by atoms with E-state index in [1.807, 2.05) is 19.1 Å². The lowest BCUT2D eigenvalue weighted by atomic mass is 10.1. The van der Waals surface area contributed by atoms with Crippen molar-refractivity contribution in [2.24, 2.45) is 5.92 Å². The van der Waals surface area contributed by atoms with Gasteiger partial charge in [-0.05, 0) is 37.5 Å². The van der Waals surface area contributed by atoms with Gasteiger partial charge in [-0.2, -0.15) is 0 Å². The van der Waals surface area contributed by atoms with Crippen molar-refractivity contribution in [3.63, 3.8) is 0 Å². The van der Waals surface area contributed by atoms with Gasteiger partial charge in [-0.3, -0.25) is 0 Å². The van der Waals surface area contributed by atoms with Crippen LogP contribution in [0.1, 0.15) is 31.8 Å². The molecule has 0 aliphatic carbocycles. The highest BCUT2D eigenvalue weighted by Gasteiger charge is 2.00. The number of hydrogen-bond donors (Lipinski definition) is 0. The van der Waals surface area contributed by atoms with Crippen LogP contribution < -0.4 is 0 Å². The van der Waals surface area contributed by atoms with Gasteiger partial charge in [0.2, 0.25) is 0 Å². The van der Waals surface area contributed by atoms with E-state index in [1.165, 1.54) is 6.08 Å². The molecule has 16 heavy (non-hydrogen) atoms. The summed E-state index contributed by atoms with van der Waals surface area (Å²) in [5.41, 5.74) is 0. The van der Waals surface area contributed by atoms with Crippen LogP contribution in [0, 0.1) is 12.8 Å². The lowest BCUT2D eigenvalue weighted by molar-refractivity contribution is -0.137. The van der Waals surface area contributed by atoms with Crippen LogP contribution in [0.3, 0.4) is 0 Å². The highest BCUT2D eigenvalue weighted by Crippen LogP contribution is 2.08. The maximum atomic E-state index is 11.3. The molecule has 0 saturated carbocycles. The second-order valence-electron chi connectivity index (χ2n) is 4.13. The van der Waals surface area contributed by atoms with Gasteiger partial charge in [0.15, 0.2) is 0 Å². The van der Waals surface area contributed by atoms with Crippen LogP contribution in [-0.4, -0.2) is 12.6 Å². The predicted molar refractivity (Wildman–Crippen MR) is 62.9 cm³/mol. The van der Waals surface area contributed by atoms with Crippen LogP contribution in [-0.2, 0) is 9.53 Å². The zero-order chi connectivity index (χ0) is 12.0. The summed E-state index contributed by atoms with van der Waals surface area (Å²) in [7, 11) is 0. The van der Waals surface area contributed by atoms with E-state index in [9.17, 15) is 4.79 Å². The molecule has 0 unspecified atom stereocenters. The van der Waals surface area contributed by atoms with Crippen molar-refractivity contribution in [2.75, 3.05) is 6.61 Å². The Labute approximate surface area is 96.1 Å². The Morgan fingerprint density at radius 2 is 2.25 bits per heavy atom. The number of ether oxygens (including phenoxy) is 1. The lowest BCUT2D eigenvalue weighted by Crippen LogP contribution is -2.04. The van der Waals surface area contributed by atoms with E-state index < -0.39 is 0 Å². The first-order valence-electron chi connectivity index (χ1n) is 5.49. The summed E-state index contributed by atoms with van der Waals surface area (Å²) in [5.74, 6) is 1.71. The molecule has 1 rings (SSSR count). The molecule has 0 aliphatic rings. The van der Waals surface area contributed by atoms with Gasteiger partial charge in [0, 0.05) is 6.08 Å². The molecule has 1 aromatic rings. The Balaban J connectivity index is 2.31. The second kappa shape index (κ2) is 6.16. The Bertz CT molecular complexity index is 361. The van der Waals surface area contributed by atoms with Crippen LogP contribution in [0.4, 0.5) is 0 Å². The van der Waals surface area contributed by atoms with E-state index in [0.29, 0.717) is 18.3 Å². The fourth-order valence-corrected chi connectivity index (χ4v) is 1.14. The molecule has 3 heteroatoms. The summed E-state index contributed by atoms with van der Waals surface area (Å²) in [6.45, 7) is 6.51. The molecule has 0 aromatic carbocycles. The van der Waals surface area contributed by atoms with Crippen molar-refractivity contribution in [2.45, 2.75) is 27.2 Å². The summed E-state index contributed by atoms with van der Waals surface area (Å²) in [6, 6.07) is 3.66. The van der Waals surface area contributed by atoms with Crippen molar-refractivity contribution >= 4 is 12.0 Å². The number of carbonyl (C=O) groups is 1. The third-order valence-corrected chi connectivity index (χ3v) is 2.08. The lowest BCUT2D eigenvalue weighted by Gasteiger charge is -2.03. The molecule has 0 N–H and O–H groups in total. The summed E-state index contributed by atoms with van der Waals surface area (Å²) >= 11 is 0. The predicted octanol–water partition coefficient (Wildman–Crippen LogP) is 3.19. The molecular weight excluding hydrogens is 204 g/mol. The van der Waals surface area contributed by atoms with Crippen LogP contribution >= 0.6 is 0 Å². The first-order valence-corrected chi connectivity index (χ1v) is 5.49. The molecule has 0 bridgehead atoms. The van der Waals surface area contributed by atoms with Gasteiger partial charge in [-0.15, -0.1) is 0 Å². The number of esters is 1. The minimum atomic E-state index is -0.324. The molecule has 88 valence electrons. The Kier molecular flexibility index (Phi) is 4.83. The fourth-order valence-electron chi connectivity index (χ4n) is 1.14. The Hall–Kier alpha value is -1.51. The maximum Gasteiger partial charge on any atom is 0.330 e. The van der Waals surface area contributed by atoms with Gasteiger partial charge >= 0.3 is 5.97 Å². The second-order valence-corrected chi connectivity index (χ2v) is 4.13. The number of furan rings is 1. The molecule has 0 amide bonds. The highest BCUT2D eigenvalue weighted by molar-refractivity contribution is 5.86. The monoisotopic (exact) mass is 222 g/mol. The average Bonchev–Trinajstić information content (AvgIpc) is 2.61. The summed E-state index contributed by atoms with van der Waals surface area (Å²) in [5, 5.41) is 0. The minimum absolute atomic E-state index is 0.324. The molecule has 0 aliphatic heterocycles. The highest BCUT2D eigenvalue weighted by atomic mass is 16.5. The fraction of sp³-hybridized carbons (Fsp3) is 0.462. The van der Waals surface area contributed by atoms with Gasteiger partial charge in [0.25, 0.3) is 0 Å². The zero-order valence-corrected chi connectivity index (χ0v) is 10.0. The zero-order valence-electron chi connectivity index (χ0n) is 10.0. The molecule has 1 aromatic heterocycles. The molecule has 0 fully saturated rings. The van der Waals surface area contributed by atoms with E-state index in [-0.39, 0.29) is 5.97 Å². The average molecular weight is 222 g/mol. The quantitative estimate of drug-likeness (QED) is 0.567. The van der Waals surface area contributed by atoms with E-state index in [4.69, 9.17) is 9.15 Å². The van der Waals surface area contributed by atoms with E-state index in [2.05, 4.69) is 13.8 Å². The molecule has 0 spiro atoms. The third kappa shape index (κ3) is 4.82. The molecule has 0 radical (unpaired) electrons. The normalized spacial score (nSPS) is 11.2. The van der Waals surface area contributed by atoms with Gasteiger partial charge < -0.3 is 9.15 Å². The minimum Gasteiger partial charge on any atom is -0.463 e. The molecule has 0 atom stereocenters. The van der Waals surface area contributed by atoms with Crippen molar-refractivity contribution in [3.8, 4) is 0 Å². The summed E-state index contributed by atoms with van der Waals surface area (Å²) in [4.78, 5) is 11.3. The molecule has 0 saturated heterocycles. The van der Waals surface area contributed by atoms with Gasteiger partial charge in [-0.25, -0.2) is 4.79 Å². The van der Waals surface area contributed by atoms with Gasteiger partial charge in [0.05, 0.1) is 6.61 Å². The van der Waals surface area contributed by atoms with Crippen molar-refractivity contribution in [1.29, 1.82) is 0 Å². The van der Waals surface area contributed by atoms with Crippen molar-refractivity contribution < 1.29 is 13.9 Å². The van der Waals surface area contributed by atoms with E-state index in [0.717, 1.165) is 12.2 Å². The van der Waals surface area contributed by atoms with Crippen LogP contribution in [0.25, 0.3) is 6.08 Å². The van der Waals surface area contributed by atoms with E-state index in [1.54, 1.807) is 6.08 Å². The smallest absolute Gasteiger partial charge is 0.330 e. The van der Waals surface area contributed by atoms with Gasteiger partial charge in [-0.1, -0.05) is 13.8 Å². The largest absolute Gasteiger partial charge is 0.463 e. The number of hydrogen-bond acceptors (Lipinski definition) is 3. The van der Waals surface area contributed by atoms with Crippen molar-refractivity contribution in [1.82, 2.24) is 0 Å². The first kappa shape index (κ1) is 12.6. The molecular formula is C13H18O3. The first-order chi connectivity index (χ1) is 7.58. The number of aryl methyl sites for hydroxylation is 1. The van der Waals surface area contributed by atoms with E-state index >= 15 is 0 Å². The standard InChI is InChI=1S/C13H18O3/c1-10(2)8-9-15-13(14)7-6-12-5-4-11(3)16-12/h4-7,10H,8-9H2,1-3H3/b7-6+. The Morgan fingerprint density at radius 1 is 1.50 bits per heavy atom.